The molecule has 0 aliphatic rings. The molecular weight excluding hydrogens is 427 g/mol. The second-order valence-electron chi connectivity index (χ2n) is 8.02. The largest absolute Gasteiger partial charge is 0.469 e. The third kappa shape index (κ3) is 27.9. The van der Waals surface area contributed by atoms with Gasteiger partial charge in [-0.3, -0.25) is 4.52 Å². The minimum absolute atomic E-state index is 0.256. The molecule has 10 heteroatoms. The first-order valence-electron chi connectivity index (χ1n) is 11.9. The Bertz CT molecular complexity index is 406. The highest BCUT2D eigenvalue weighted by molar-refractivity contribution is 7.46. The Morgan fingerprint density at radius 2 is 1.06 bits per heavy atom. The zero-order valence-corrected chi connectivity index (χ0v) is 20.4. The van der Waals surface area contributed by atoms with Gasteiger partial charge in [-0.2, -0.15) is 0 Å². The van der Waals surface area contributed by atoms with Crippen molar-refractivity contribution in [3.05, 3.63) is 0 Å². The van der Waals surface area contributed by atoms with Crippen LogP contribution in [0.1, 0.15) is 117 Å². The van der Waals surface area contributed by atoms with Gasteiger partial charge in [0.15, 0.2) is 0 Å². The first-order valence-corrected chi connectivity index (χ1v) is 13.5. The average molecular weight is 473 g/mol. The van der Waals surface area contributed by atoms with Crippen molar-refractivity contribution < 1.29 is 43.8 Å². The Morgan fingerprint density at radius 3 is 1.52 bits per heavy atom. The highest BCUT2D eigenvalue weighted by atomic mass is 31.2. The second-order valence-corrected chi connectivity index (χ2v) is 9.21. The van der Waals surface area contributed by atoms with Gasteiger partial charge in [-0.25, -0.2) is 14.3 Å². The number of rotatable bonds is 25. The van der Waals surface area contributed by atoms with Crippen LogP contribution in [0.15, 0.2) is 0 Å². The summed E-state index contributed by atoms with van der Waals surface area (Å²) >= 11 is 0. The predicted molar refractivity (Wildman–Crippen MR) is 117 cm³/mol. The molecule has 188 valence electrons. The van der Waals surface area contributed by atoms with E-state index in [-0.39, 0.29) is 6.61 Å². The lowest BCUT2D eigenvalue weighted by molar-refractivity contribution is -0.709. The van der Waals surface area contributed by atoms with Gasteiger partial charge in [0.2, 0.25) is 0 Å². The van der Waals surface area contributed by atoms with Crippen molar-refractivity contribution in [2.45, 2.75) is 123 Å². The highest BCUT2D eigenvalue weighted by Gasteiger charge is 2.19. The fourth-order valence-corrected chi connectivity index (χ4v) is 3.71. The number of hydrogen-bond acceptors (Lipinski definition) is 7. The van der Waals surface area contributed by atoms with Crippen LogP contribution in [0.25, 0.3) is 0 Å². The van der Waals surface area contributed by atoms with Crippen molar-refractivity contribution in [3.63, 3.8) is 0 Å². The van der Waals surface area contributed by atoms with Crippen LogP contribution in [-0.2, 0) is 34.0 Å². The van der Waals surface area contributed by atoms with E-state index >= 15 is 0 Å². The molecule has 1 unspecified atom stereocenters. The van der Waals surface area contributed by atoms with Crippen molar-refractivity contribution >= 4 is 7.82 Å². The van der Waals surface area contributed by atoms with Gasteiger partial charge < -0.3 is 9.79 Å². The lowest BCUT2D eigenvalue weighted by Gasteiger charge is -2.11. The number of phosphoric ester groups is 1. The van der Waals surface area contributed by atoms with Crippen molar-refractivity contribution in [3.8, 4) is 0 Å². The van der Waals surface area contributed by atoms with Crippen molar-refractivity contribution in [1.82, 2.24) is 0 Å². The van der Waals surface area contributed by atoms with Gasteiger partial charge in [-0.05, 0) is 28.5 Å². The van der Waals surface area contributed by atoms with E-state index in [1.807, 2.05) is 0 Å². The number of hydrogen-bond donors (Lipinski definition) is 2. The molecule has 0 aliphatic heterocycles. The Morgan fingerprint density at radius 1 is 0.645 bits per heavy atom. The molecular formula is C21H45O9P. The fraction of sp³-hybridized carbons (Fsp3) is 1.00. The van der Waals surface area contributed by atoms with Gasteiger partial charge in [0.1, 0.15) is 6.61 Å². The van der Waals surface area contributed by atoms with Crippen LogP contribution in [0.2, 0.25) is 0 Å². The predicted octanol–water partition coefficient (Wildman–Crippen LogP) is 6.49. The summed E-state index contributed by atoms with van der Waals surface area (Å²) < 4.78 is 14.9. The molecule has 9 nitrogen and oxygen atoms in total. The van der Waals surface area contributed by atoms with Crippen LogP contribution in [0.3, 0.4) is 0 Å². The van der Waals surface area contributed by atoms with Crippen LogP contribution in [0.5, 0.6) is 0 Å². The zero-order valence-electron chi connectivity index (χ0n) is 19.5. The maximum atomic E-state index is 10.6. The Labute approximate surface area is 188 Å². The summed E-state index contributed by atoms with van der Waals surface area (Å²) in [6.07, 6.45) is 20.0. The summed E-state index contributed by atoms with van der Waals surface area (Å²) in [5, 5.41) is 12.6. The maximum Gasteiger partial charge on any atom is 0.469 e. The summed E-state index contributed by atoms with van der Waals surface area (Å²) in [7, 11) is -4.55. The van der Waals surface area contributed by atoms with Crippen molar-refractivity contribution in [2.75, 3.05) is 13.2 Å². The molecule has 2 N–H and O–H groups in total. The molecule has 0 aromatic heterocycles. The lowest BCUT2D eigenvalue weighted by Crippen LogP contribution is -2.15. The maximum absolute atomic E-state index is 10.6. The van der Waals surface area contributed by atoms with Crippen LogP contribution < -0.4 is 0 Å². The van der Waals surface area contributed by atoms with E-state index in [1.54, 1.807) is 0 Å². The number of unbranched alkanes of at least 4 members (excludes halogenated alkanes) is 15. The van der Waals surface area contributed by atoms with Crippen LogP contribution >= 0.6 is 7.82 Å². The van der Waals surface area contributed by atoms with Crippen LogP contribution in [0.4, 0.5) is 0 Å². The minimum Gasteiger partial charge on any atom is -0.303 e. The molecule has 0 bridgehead atoms. The molecule has 0 fully saturated rings. The monoisotopic (exact) mass is 472 g/mol. The normalized spacial score (nSPS) is 13.0. The zero-order chi connectivity index (χ0) is 23.0. The molecule has 0 spiro atoms. The fourth-order valence-electron chi connectivity index (χ4n) is 3.18. The Hall–Kier alpha value is -0.0900. The van der Waals surface area contributed by atoms with Crippen molar-refractivity contribution in [2.24, 2.45) is 0 Å². The summed E-state index contributed by atoms with van der Waals surface area (Å²) in [5.41, 5.74) is 0. The smallest absolute Gasteiger partial charge is 0.303 e. The summed E-state index contributed by atoms with van der Waals surface area (Å²) in [5.74, 6) is 0. The molecule has 0 amide bonds. The van der Waals surface area contributed by atoms with E-state index in [9.17, 15) is 4.57 Å². The topological polar surface area (TPSA) is 113 Å². The lowest BCUT2D eigenvalue weighted by atomic mass is 10.0. The van der Waals surface area contributed by atoms with Gasteiger partial charge in [0.05, 0.1) is 12.7 Å². The van der Waals surface area contributed by atoms with E-state index in [0.717, 1.165) is 12.8 Å². The van der Waals surface area contributed by atoms with E-state index in [0.29, 0.717) is 6.61 Å². The van der Waals surface area contributed by atoms with Gasteiger partial charge >= 0.3 is 7.82 Å². The average Bonchev–Trinajstić information content (AvgIpc) is 2.70. The first-order chi connectivity index (χ1) is 15.0. The number of phosphoric acid groups is 1. The van der Waals surface area contributed by atoms with Gasteiger partial charge in [0, 0.05) is 0 Å². The Balaban J connectivity index is 3.10. The molecule has 0 saturated heterocycles. The molecule has 1 atom stereocenters. The second kappa shape index (κ2) is 23.1. The summed E-state index contributed by atoms with van der Waals surface area (Å²) in [6.45, 7) is 3.78. The van der Waals surface area contributed by atoms with Crippen LogP contribution in [-0.4, -0.2) is 29.1 Å². The standard InChI is InChI=1S/C21H45O9P/c1-3-4-5-6-7-8-9-10-11-12-13-14-15-16-17-18-19-25-28-30-29-26-20-21(2)27-31(22,23)24/h21H,3-20H2,1-2H3,(H2,22,23,24). The molecule has 0 heterocycles. The van der Waals surface area contributed by atoms with E-state index in [1.165, 1.54) is 96.8 Å². The molecule has 0 aliphatic carbocycles. The van der Waals surface area contributed by atoms with Crippen LogP contribution in [0, 0.1) is 0 Å². The third-order valence-electron chi connectivity index (χ3n) is 4.85. The third-order valence-corrected chi connectivity index (χ3v) is 5.49. The first kappa shape index (κ1) is 30.9. The molecule has 0 saturated carbocycles. The van der Waals surface area contributed by atoms with Crippen molar-refractivity contribution in [1.29, 1.82) is 0 Å². The minimum atomic E-state index is -4.55. The SMILES string of the molecule is CCCCCCCCCCCCCCCCCCOOOOOCC(C)OP(=O)(O)O. The quantitative estimate of drug-likeness (QED) is 0.0666. The summed E-state index contributed by atoms with van der Waals surface area (Å²) in [6, 6.07) is 0. The molecule has 0 aromatic rings. The molecule has 31 heavy (non-hydrogen) atoms. The van der Waals surface area contributed by atoms with E-state index in [4.69, 9.17) is 14.7 Å². The van der Waals surface area contributed by atoms with E-state index < -0.39 is 13.9 Å². The molecule has 0 rings (SSSR count). The summed E-state index contributed by atoms with van der Waals surface area (Å²) in [4.78, 5) is 26.4. The highest BCUT2D eigenvalue weighted by Crippen LogP contribution is 2.37. The van der Waals surface area contributed by atoms with E-state index in [2.05, 4.69) is 31.4 Å². The molecule has 0 radical (unpaired) electrons. The van der Waals surface area contributed by atoms with Gasteiger partial charge in [-0.1, -0.05) is 103 Å². The Kier molecular flexibility index (Phi) is 23.0. The van der Waals surface area contributed by atoms with Gasteiger partial charge in [-0.15, -0.1) is 0 Å². The van der Waals surface area contributed by atoms with Gasteiger partial charge in [0.25, 0.3) is 0 Å². The molecule has 0 aromatic carbocycles.